The molecule has 0 fully saturated rings. The van der Waals surface area contributed by atoms with Crippen LogP contribution in [0.4, 0.5) is 14.5 Å². The second-order valence-electron chi connectivity index (χ2n) is 5.75. The number of anilines is 1. The molecule has 1 aliphatic rings. The number of hydrogen-bond donors (Lipinski definition) is 2. The summed E-state index contributed by atoms with van der Waals surface area (Å²) < 4.78 is 25.5. The first kappa shape index (κ1) is 16.6. The molecule has 0 saturated heterocycles. The van der Waals surface area contributed by atoms with Crippen LogP contribution in [0.2, 0.25) is 0 Å². The van der Waals surface area contributed by atoms with Crippen molar-refractivity contribution in [3.8, 4) is 6.07 Å². The van der Waals surface area contributed by atoms with Gasteiger partial charge in [-0.1, -0.05) is 6.07 Å². The summed E-state index contributed by atoms with van der Waals surface area (Å²) in [7, 11) is 0. The monoisotopic (exact) mass is 340 g/mol. The molecule has 2 N–H and O–H groups in total. The molecule has 2 heterocycles. The molecule has 1 aliphatic heterocycles. The molecule has 1 aromatic heterocycles. The SMILES string of the molecule is CC1Cc2n[nH]c(=O)c3cc(F)cc(c23)N1.N#Cc1cccc(F)c1. The fourth-order valence-electron chi connectivity index (χ4n) is 2.76. The first-order valence-corrected chi connectivity index (χ1v) is 7.61. The molecule has 1 atom stereocenters. The van der Waals surface area contributed by atoms with Crippen LogP contribution in [0.5, 0.6) is 0 Å². The molecule has 126 valence electrons. The zero-order valence-corrected chi connectivity index (χ0v) is 13.3. The predicted octanol–water partition coefficient (Wildman–Crippen LogP) is 3.12. The van der Waals surface area contributed by atoms with Crippen molar-refractivity contribution in [1.82, 2.24) is 10.2 Å². The zero-order valence-electron chi connectivity index (χ0n) is 13.3. The van der Waals surface area contributed by atoms with Gasteiger partial charge in [0.15, 0.2) is 0 Å². The number of aromatic nitrogens is 2. The van der Waals surface area contributed by atoms with Gasteiger partial charge in [-0.05, 0) is 37.3 Å². The van der Waals surface area contributed by atoms with Gasteiger partial charge in [-0.2, -0.15) is 10.4 Å². The Morgan fingerprint density at radius 2 is 2.04 bits per heavy atom. The number of nitriles is 1. The summed E-state index contributed by atoms with van der Waals surface area (Å²) in [5, 5.41) is 18.9. The number of rotatable bonds is 0. The van der Waals surface area contributed by atoms with E-state index < -0.39 is 5.82 Å². The van der Waals surface area contributed by atoms with Gasteiger partial charge in [0.05, 0.1) is 22.7 Å². The molecule has 0 aliphatic carbocycles. The summed E-state index contributed by atoms with van der Waals surface area (Å²) in [4.78, 5) is 11.5. The maximum absolute atomic E-state index is 13.3. The third-order valence-corrected chi connectivity index (χ3v) is 3.78. The van der Waals surface area contributed by atoms with Crippen LogP contribution >= 0.6 is 0 Å². The van der Waals surface area contributed by atoms with Gasteiger partial charge in [0.2, 0.25) is 0 Å². The van der Waals surface area contributed by atoms with Crippen molar-refractivity contribution < 1.29 is 8.78 Å². The molecule has 5 nitrogen and oxygen atoms in total. The molecule has 3 aromatic rings. The van der Waals surface area contributed by atoms with Crippen molar-refractivity contribution in [3.63, 3.8) is 0 Å². The minimum atomic E-state index is -0.410. The fraction of sp³-hybridized carbons (Fsp3) is 0.167. The Balaban J connectivity index is 0.000000173. The van der Waals surface area contributed by atoms with E-state index in [1.807, 2.05) is 13.0 Å². The van der Waals surface area contributed by atoms with Gasteiger partial charge in [0, 0.05) is 23.5 Å². The molecule has 1 unspecified atom stereocenters. The lowest BCUT2D eigenvalue weighted by Gasteiger charge is -2.23. The Morgan fingerprint density at radius 3 is 2.72 bits per heavy atom. The van der Waals surface area contributed by atoms with Crippen LogP contribution in [0.25, 0.3) is 10.8 Å². The van der Waals surface area contributed by atoms with Crippen molar-refractivity contribution in [3.05, 3.63) is 69.6 Å². The van der Waals surface area contributed by atoms with Gasteiger partial charge in [0.1, 0.15) is 11.6 Å². The summed E-state index contributed by atoms with van der Waals surface area (Å²) in [6.07, 6.45) is 0.728. The second kappa shape index (κ2) is 6.69. The standard InChI is InChI=1S/C11H10FN3O.C7H4FN/c1-5-2-9-10-7(11(16)15-14-9)3-6(12)4-8(10)13-5;8-7-3-1-2-6(4-7)5-9/h3-5,13H,2H2,1H3,(H,15,16);1-4H. The van der Waals surface area contributed by atoms with E-state index in [1.165, 1.54) is 30.3 Å². The number of halogens is 2. The second-order valence-corrected chi connectivity index (χ2v) is 5.75. The number of H-pyrrole nitrogens is 1. The molecule has 7 heteroatoms. The Labute approximate surface area is 141 Å². The lowest BCUT2D eigenvalue weighted by Crippen LogP contribution is -2.26. The van der Waals surface area contributed by atoms with Crippen LogP contribution in [0.15, 0.2) is 41.2 Å². The maximum Gasteiger partial charge on any atom is 0.272 e. The molecule has 4 rings (SSSR count). The lowest BCUT2D eigenvalue weighted by atomic mass is 9.99. The van der Waals surface area contributed by atoms with E-state index in [4.69, 9.17) is 5.26 Å². The van der Waals surface area contributed by atoms with Crippen LogP contribution < -0.4 is 10.9 Å². The van der Waals surface area contributed by atoms with Gasteiger partial charge >= 0.3 is 0 Å². The molecule has 2 aromatic carbocycles. The summed E-state index contributed by atoms with van der Waals surface area (Å²) in [6, 6.07) is 10.2. The number of nitrogens with one attached hydrogen (secondary N) is 2. The van der Waals surface area contributed by atoms with E-state index >= 15 is 0 Å². The lowest BCUT2D eigenvalue weighted by molar-refractivity contribution is 0.627. The molecule has 25 heavy (non-hydrogen) atoms. The first-order valence-electron chi connectivity index (χ1n) is 7.61. The normalized spacial score (nSPS) is 14.9. The van der Waals surface area contributed by atoms with E-state index in [9.17, 15) is 13.6 Å². The predicted molar refractivity (Wildman–Crippen MR) is 90.2 cm³/mol. The number of benzene rings is 2. The number of aromatic amines is 1. The Kier molecular flexibility index (Phi) is 4.44. The van der Waals surface area contributed by atoms with Crippen LogP contribution in [0.3, 0.4) is 0 Å². The summed E-state index contributed by atoms with van der Waals surface area (Å²) in [5.41, 5.74) is 1.48. The molecule has 0 saturated carbocycles. The molecule has 0 spiro atoms. The summed E-state index contributed by atoms with van der Waals surface area (Å²) >= 11 is 0. The molecule has 0 radical (unpaired) electrons. The van der Waals surface area contributed by atoms with Crippen molar-refractivity contribution in [2.75, 3.05) is 5.32 Å². The van der Waals surface area contributed by atoms with Gasteiger partial charge in [-0.15, -0.1) is 0 Å². The van der Waals surface area contributed by atoms with Gasteiger partial charge < -0.3 is 5.32 Å². The van der Waals surface area contributed by atoms with Crippen molar-refractivity contribution in [1.29, 1.82) is 5.26 Å². The van der Waals surface area contributed by atoms with Crippen molar-refractivity contribution >= 4 is 16.5 Å². The van der Waals surface area contributed by atoms with Crippen molar-refractivity contribution in [2.45, 2.75) is 19.4 Å². The smallest absolute Gasteiger partial charge is 0.272 e. The van der Waals surface area contributed by atoms with Gasteiger partial charge in [-0.25, -0.2) is 13.9 Å². The molecule has 0 amide bonds. The van der Waals surface area contributed by atoms with E-state index in [2.05, 4.69) is 15.5 Å². The zero-order chi connectivity index (χ0) is 18.0. The van der Waals surface area contributed by atoms with Gasteiger partial charge in [-0.3, -0.25) is 4.79 Å². The van der Waals surface area contributed by atoms with E-state index in [0.717, 1.165) is 17.5 Å². The van der Waals surface area contributed by atoms with E-state index in [-0.39, 0.29) is 17.4 Å². The number of hydrogen-bond acceptors (Lipinski definition) is 4. The Bertz CT molecular complexity index is 1040. The van der Waals surface area contributed by atoms with Crippen LogP contribution in [-0.2, 0) is 6.42 Å². The largest absolute Gasteiger partial charge is 0.382 e. The quantitative estimate of drug-likeness (QED) is 0.659. The molecular formula is C18H14F2N4O. The third kappa shape index (κ3) is 3.48. The van der Waals surface area contributed by atoms with Crippen LogP contribution in [0, 0.1) is 23.0 Å². The topological polar surface area (TPSA) is 81.6 Å². The molecule has 0 bridgehead atoms. The highest BCUT2D eigenvalue weighted by atomic mass is 19.1. The van der Waals surface area contributed by atoms with Crippen LogP contribution in [0.1, 0.15) is 18.2 Å². The molecular weight excluding hydrogens is 326 g/mol. The highest BCUT2D eigenvalue weighted by Crippen LogP contribution is 2.30. The summed E-state index contributed by atoms with van der Waals surface area (Å²) in [6.45, 7) is 1.99. The van der Waals surface area contributed by atoms with E-state index in [1.54, 1.807) is 6.07 Å². The minimum Gasteiger partial charge on any atom is -0.382 e. The van der Waals surface area contributed by atoms with Gasteiger partial charge in [0.25, 0.3) is 5.56 Å². The highest BCUT2D eigenvalue weighted by molar-refractivity contribution is 5.96. The fourth-order valence-corrected chi connectivity index (χ4v) is 2.76. The van der Waals surface area contributed by atoms with E-state index in [0.29, 0.717) is 16.6 Å². The first-order chi connectivity index (χ1) is 12.0. The van der Waals surface area contributed by atoms with Crippen molar-refractivity contribution in [2.24, 2.45) is 0 Å². The average molecular weight is 340 g/mol. The Hall–Kier alpha value is -3.27. The average Bonchev–Trinajstić information content (AvgIpc) is 2.58. The Morgan fingerprint density at radius 1 is 1.24 bits per heavy atom. The maximum atomic E-state index is 13.3. The summed E-state index contributed by atoms with van der Waals surface area (Å²) in [5.74, 6) is -0.777. The third-order valence-electron chi connectivity index (χ3n) is 3.78. The minimum absolute atomic E-state index is 0.191. The highest BCUT2D eigenvalue weighted by Gasteiger charge is 2.20. The van der Waals surface area contributed by atoms with Crippen LogP contribution in [-0.4, -0.2) is 16.2 Å². The number of nitrogens with zero attached hydrogens (tertiary/aromatic N) is 2.